The van der Waals surface area contributed by atoms with Gasteiger partial charge in [-0.1, -0.05) is 18.2 Å². The van der Waals surface area contributed by atoms with Gasteiger partial charge in [-0.25, -0.2) is 9.19 Å². The molecule has 5 rings (SSSR count). The minimum Gasteiger partial charge on any atom is -0.335 e. The zero-order chi connectivity index (χ0) is 18.4. The summed E-state index contributed by atoms with van der Waals surface area (Å²) in [5.41, 5.74) is 3.86. The van der Waals surface area contributed by atoms with E-state index in [0.717, 1.165) is 38.0 Å². The molecule has 0 aliphatic rings. The highest BCUT2D eigenvalue weighted by Crippen LogP contribution is 2.36. The van der Waals surface area contributed by atoms with Crippen molar-refractivity contribution in [2.24, 2.45) is 7.05 Å². The van der Waals surface area contributed by atoms with Crippen molar-refractivity contribution in [3.05, 3.63) is 79.5 Å². The molecule has 5 aromatic rings. The summed E-state index contributed by atoms with van der Waals surface area (Å²) in [7, 11) is 0.641. The summed E-state index contributed by atoms with van der Waals surface area (Å²) in [4.78, 5) is 9.49. The molecule has 1 atom stereocenters. The first kappa shape index (κ1) is 16.0. The fourth-order valence-electron chi connectivity index (χ4n) is 3.48. The van der Waals surface area contributed by atoms with E-state index in [-0.39, 0.29) is 0 Å². The van der Waals surface area contributed by atoms with E-state index >= 15 is 0 Å². The van der Waals surface area contributed by atoms with Gasteiger partial charge < -0.3 is 4.57 Å². The van der Waals surface area contributed by atoms with Gasteiger partial charge in [0.05, 0.1) is 16.6 Å². The first-order chi connectivity index (χ1) is 13.2. The zero-order valence-corrected chi connectivity index (χ0v) is 15.4. The first-order valence-corrected chi connectivity index (χ1v) is 9.67. The molecule has 0 saturated carbocycles. The van der Waals surface area contributed by atoms with Crippen molar-refractivity contribution >= 4 is 32.9 Å². The average Bonchev–Trinajstić information content (AvgIpc) is 3.27. The second-order valence-corrected chi connectivity index (χ2v) is 7.71. The number of hydrogen-bond acceptors (Lipinski definition) is 3. The maximum atomic E-state index is 13.2. The molecule has 0 N–H and O–H groups in total. The molecule has 0 aliphatic carbocycles. The van der Waals surface area contributed by atoms with E-state index in [9.17, 15) is 4.21 Å². The quantitative estimate of drug-likeness (QED) is 0.478. The summed E-state index contributed by atoms with van der Waals surface area (Å²) in [5, 5.41) is 2.09. The fraction of sp³-hybridized carbons (Fsp3) is 0.0476. The van der Waals surface area contributed by atoms with Crippen molar-refractivity contribution in [3.63, 3.8) is 0 Å². The van der Waals surface area contributed by atoms with Crippen LogP contribution in [0.25, 0.3) is 33.1 Å². The SMILES string of the molecule is Cn1cc(-c2cn(S(=O)c3ccccc3)c3cnccc23)c2cccnc21. The Morgan fingerprint density at radius 2 is 1.70 bits per heavy atom. The molecule has 4 heterocycles. The second kappa shape index (κ2) is 6.17. The van der Waals surface area contributed by atoms with Gasteiger partial charge in [-0.15, -0.1) is 0 Å². The van der Waals surface area contributed by atoms with E-state index in [0.29, 0.717) is 0 Å². The third-order valence-corrected chi connectivity index (χ3v) is 6.06. The van der Waals surface area contributed by atoms with E-state index in [2.05, 4.69) is 22.2 Å². The monoisotopic (exact) mass is 372 g/mol. The second-order valence-electron chi connectivity index (χ2n) is 6.35. The first-order valence-electron chi connectivity index (χ1n) is 8.57. The van der Waals surface area contributed by atoms with Crippen LogP contribution in [0, 0.1) is 0 Å². The van der Waals surface area contributed by atoms with Crippen LogP contribution < -0.4 is 0 Å². The molecular formula is C21H16N4OS. The van der Waals surface area contributed by atoms with Crippen molar-refractivity contribution in [3.8, 4) is 11.1 Å². The predicted octanol–water partition coefficient (Wildman–Crippen LogP) is 4.16. The normalized spacial score (nSPS) is 12.6. The number of aromatic nitrogens is 4. The van der Waals surface area contributed by atoms with Gasteiger partial charge in [0.1, 0.15) is 5.65 Å². The molecule has 1 aromatic carbocycles. The number of fused-ring (bicyclic) bond motifs is 2. The van der Waals surface area contributed by atoms with Gasteiger partial charge in [0.25, 0.3) is 0 Å². The Hall–Kier alpha value is -3.25. The summed E-state index contributed by atoms with van der Waals surface area (Å²) in [6.07, 6.45) is 9.36. The van der Waals surface area contributed by atoms with E-state index in [1.165, 1.54) is 0 Å². The number of pyridine rings is 2. The maximum Gasteiger partial charge on any atom is 0.157 e. The lowest BCUT2D eigenvalue weighted by Gasteiger charge is -2.04. The third kappa shape index (κ3) is 2.49. The lowest BCUT2D eigenvalue weighted by atomic mass is 10.1. The van der Waals surface area contributed by atoms with E-state index < -0.39 is 11.0 Å². The van der Waals surface area contributed by atoms with Crippen molar-refractivity contribution in [2.75, 3.05) is 0 Å². The van der Waals surface area contributed by atoms with Crippen molar-refractivity contribution in [2.45, 2.75) is 4.90 Å². The fourth-order valence-corrected chi connectivity index (χ4v) is 4.62. The average molecular weight is 372 g/mol. The summed E-state index contributed by atoms with van der Waals surface area (Å²) in [6, 6.07) is 15.4. The van der Waals surface area contributed by atoms with Gasteiger partial charge in [0, 0.05) is 53.7 Å². The highest BCUT2D eigenvalue weighted by molar-refractivity contribution is 7.83. The Kier molecular flexibility index (Phi) is 3.65. The minimum absolute atomic E-state index is 0.754. The van der Waals surface area contributed by atoms with Gasteiger partial charge in [0.2, 0.25) is 0 Å². The third-order valence-electron chi connectivity index (χ3n) is 4.72. The van der Waals surface area contributed by atoms with Gasteiger partial charge >= 0.3 is 0 Å². The van der Waals surface area contributed by atoms with Crippen molar-refractivity contribution in [1.29, 1.82) is 0 Å². The Bertz CT molecular complexity index is 1300. The van der Waals surface area contributed by atoms with Crippen LogP contribution in [0.15, 0.2) is 84.4 Å². The lowest BCUT2D eigenvalue weighted by Crippen LogP contribution is -2.03. The highest BCUT2D eigenvalue weighted by atomic mass is 32.2. The number of benzene rings is 1. The molecule has 0 aliphatic heterocycles. The minimum atomic E-state index is -1.35. The summed E-state index contributed by atoms with van der Waals surface area (Å²) in [5.74, 6) is 0. The smallest absolute Gasteiger partial charge is 0.157 e. The Morgan fingerprint density at radius 1 is 0.889 bits per heavy atom. The Balaban J connectivity index is 1.78. The van der Waals surface area contributed by atoms with Crippen LogP contribution in [-0.4, -0.2) is 22.7 Å². The standard InChI is InChI=1S/C21H16N4OS/c1-24-13-18(17-8-5-10-23-21(17)24)19-14-25(20-12-22-11-9-16(19)20)27(26)15-6-3-2-4-7-15/h2-14H,1H3. The molecule has 0 radical (unpaired) electrons. The van der Waals surface area contributed by atoms with Crippen LogP contribution in [0.5, 0.6) is 0 Å². The van der Waals surface area contributed by atoms with Gasteiger partial charge in [-0.2, -0.15) is 0 Å². The number of hydrogen-bond donors (Lipinski definition) is 0. The van der Waals surface area contributed by atoms with Crippen LogP contribution in [0.1, 0.15) is 0 Å². The number of nitrogens with zero attached hydrogens (tertiary/aromatic N) is 4. The van der Waals surface area contributed by atoms with Crippen LogP contribution >= 0.6 is 0 Å². The molecule has 0 spiro atoms. The number of aryl methyl sites for hydroxylation is 1. The maximum absolute atomic E-state index is 13.2. The Labute approximate surface area is 158 Å². The van der Waals surface area contributed by atoms with E-state index in [1.54, 1.807) is 22.6 Å². The van der Waals surface area contributed by atoms with Crippen LogP contribution in [0.3, 0.4) is 0 Å². The molecule has 4 aromatic heterocycles. The predicted molar refractivity (Wildman–Crippen MR) is 108 cm³/mol. The molecule has 0 fully saturated rings. The van der Waals surface area contributed by atoms with Crippen molar-refractivity contribution < 1.29 is 4.21 Å². The van der Waals surface area contributed by atoms with Crippen molar-refractivity contribution in [1.82, 2.24) is 18.5 Å². The van der Waals surface area contributed by atoms with Gasteiger partial charge in [0.15, 0.2) is 11.0 Å². The summed E-state index contributed by atoms with van der Waals surface area (Å²) < 4.78 is 17.0. The molecule has 6 heteroatoms. The molecule has 0 amide bonds. The summed E-state index contributed by atoms with van der Waals surface area (Å²) >= 11 is 0. The molecule has 5 nitrogen and oxygen atoms in total. The Morgan fingerprint density at radius 3 is 2.56 bits per heavy atom. The molecule has 27 heavy (non-hydrogen) atoms. The topological polar surface area (TPSA) is 52.7 Å². The van der Waals surface area contributed by atoms with Crippen LogP contribution in [-0.2, 0) is 18.0 Å². The highest BCUT2D eigenvalue weighted by Gasteiger charge is 2.18. The largest absolute Gasteiger partial charge is 0.335 e. The summed E-state index contributed by atoms with van der Waals surface area (Å²) in [6.45, 7) is 0. The van der Waals surface area contributed by atoms with Gasteiger partial charge in [-0.3, -0.25) is 8.96 Å². The van der Waals surface area contributed by atoms with Crippen LogP contribution in [0.4, 0.5) is 0 Å². The number of rotatable bonds is 3. The molecule has 1 unspecified atom stereocenters. The zero-order valence-electron chi connectivity index (χ0n) is 14.6. The van der Waals surface area contributed by atoms with E-state index in [4.69, 9.17) is 0 Å². The molecular weight excluding hydrogens is 356 g/mol. The molecule has 132 valence electrons. The molecule has 0 saturated heterocycles. The van der Waals surface area contributed by atoms with Gasteiger partial charge in [-0.05, 0) is 30.3 Å². The molecule has 0 bridgehead atoms. The van der Waals surface area contributed by atoms with E-state index in [1.807, 2.05) is 60.3 Å². The van der Waals surface area contributed by atoms with Crippen LogP contribution in [0.2, 0.25) is 0 Å². The lowest BCUT2D eigenvalue weighted by molar-refractivity contribution is 0.678.